The number of hydrogen-bond acceptors (Lipinski definition) is 2. The van der Waals surface area contributed by atoms with Crippen LogP contribution in [0.15, 0.2) is 24.4 Å². The molecule has 0 aliphatic carbocycles. The Labute approximate surface area is 92.4 Å². The highest BCUT2D eigenvalue weighted by Crippen LogP contribution is 2.17. The summed E-state index contributed by atoms with van der Waals surface area (Å²) in [6.07, 6.45) is 1.67. The average Bonchev–Trinajstić information content (AvgIpc) is 2.53. The number of nitrogens with zero attached hydrogens (tertiary/aromatic N) is 1. The number of hydrogen-bond donors (Lipinski definition) is 0. The number of fused-ring (bicyclic) bond motifs is 1. The van der Waals surface area contributed by atoms with Gasteiger partial charge in [0.25, 0.3) is 0 Å². The van der Waals surface area contributed by atoms with Crippen LogP contribution >= 0.6 is 0 Å². The van der Waals surface area contributed by atoms with Crippen molar-refractivity contribution >= 4 is 11.5 Å². The molecular formula is C12H12FNO2. The highest BCUT2D eigenvalue weighted by molar-refractivity contribution is 5.89. The Bertz CT molecular complexity index is 545. The molecule has 0 aromatic carbocycles. The molecule has 3 nitrogen and oxygen atoms in total. The molecule has 0 unspecified atom stereocenters. The van der Waals surface area contributed by atoms with E-state index in [1.807, 2.05) is 19.1 Å². The van der Waals surface area contributed by atoms with Gasteiger partial charge in [-0.1, -0.05) is 0 Å². The zero-order valence-electron chi connectivity index (χ0n) is 9.16. The van der Waals surface area contributed by atoms with Gasteiger partial charge in [0.1, 0.15) is 0 Å². The standard InChI is InChI=1S/C12H12FNO2/c1-3-16-12(15)11-10(13)7-9-6-8(2)4-5-14(9)11/h4-7H,3H2,1-2H3. The zero-order chi connectivity index (χ0) is 11.7. The summed E-state index contributed by atoms with van der Waals surface area (Å²) in [4.78, 5) is 11.5. The SMILES string of the molecule is CCOC(=O)c1c(F)cc2cc(C)ccn12. The van der Waals surface area contributed by atoms with Gasteiger partial charge in [-0.05, 0) is 31.5 Å². The minimum Gasteiger partial charge on any atom is -0.461 e. The van der Waals surface area contributed by atoms with Crippen molar-refractivity contribution in [1.29, 1.82) is 0 Å². The first kappa shape index (κ1) is 10.7. The molecule has 2 rings (SSSR count). The molecule has 0 saturated heterocycles. The maximum atomic E-state index is 13.6. The van der Waals surface area contributed by atoms with Gasteiger partial charge in [0.15, 0.2) is 11.5 Å². The molecular weight excluding hydrogens is 209 g/mol. The number of pyridine rings is 1. The van der Waals surface area contributed by atoms with Gasteiger partial charge in [0.2, 0.25) is 0 Å². The van der Waals surface area contributed by atoms with Crippen LogP contribution in [0.5, 0.6) is 0 Å². The van der Waals surface area contributed by atoms with E-state index in [4.69, 9.17) is 4.74 Å². The van der Waals surface area contributed by atoms with Gasteiger partial charge >= 0.3 is 5.97 Å². The predicted molar refractivity (Wildman–Crippen MR) is 58.0 cm³/mol. The maximum Gasteiger partial charge on any atom is 0.358 e. The van der Waals surface area contributed by atoms with Crippen LogP contribution in [0.25, 0.3) is 5.52 Å². The molecule has 0 fully saturated rings. The Hall–Kier alpha value is -1.84. The van der Waals surface area contributed by atoms with Crippen LogP contribution in [0.3, 0.4) is 0 Å². The summed E-state index contributed by atoms with van der Waals surface area (Å²) in [6, 6.07) is 4.96. The Morgan fingerprint density at radius 2 is 2.25 bits per heavy atom. The zero-order valence-corrected chi connectivity index (χ0v) is 9.16. The van der Waals surface area contributed by atoms with Crippen LogP contribution in [0.4, 0.5) is 4.39 Å². The van der Waals surface area contributed by atoms with E-state index < -0.39 is 11.8 Å². The molecule has 2 aromatic heterocycles. The number of halogens is 1. The molecule has 4 heteroatoms. The van der Waals surface area contributed by atoms with Crippen molar-refractivity contribution in [3.8, 4) is 0 Å². The van der Waals surface area contributed by atoms with E-state index >= 15 is 0 Å². The number of rotatable bonds is 2. The lowest BCUT2D eigenvalue weighted by Crippen LogP contribution is -2.09. The van der Waals surface area contributed by atoms with Crippen molar-refractivity contribution in [3.05, 3.63) is 41.5 Å². The summed E-state index contributed by atoms with van der Waals surface area (Å²) >= 11 is 0. The van der Waals surface area contributed by atoms with Crippen LogP contribution in [0, 0.1) is 12.7 Å². The fourth-order valence-electron chi connectivity index (χ4n) is 1.65. The Morgan fingerprint density at radius 3 is 2.94 bits per heavy atom. The number of esters is 1. The van der Waals surface area contributed by atoms with Crippen molar-refractivity contribution in [2.75, 3.05) is 6.61 Å². The van der Waals surface area contributed by atoms with E-state index in [0.717, 1.165) is 5.56 Å². The van der Waals surface area contributed by atoms with Crippen LogP contribution in [0.2, 0.25) is 0 Å². The highest BCUT2D eigenvalue weighted by Gasteiger charge is 2.18. The van der Waals surface area contributed by atoms with Gasteiger partial charge in [-0.25, -0.2) is 9.18 Å². The smallest absolute Gasteiger partial charge is 0.358 e. The monoisotopic (exact) mass is 221 g/mol. The molecule has 2 aromatic rings. The summed E-state index contributed by atoms with van der Waals surface area (Å²) in [7, 11) is 0. The van der Waals surface area contributed by atoms with Crippen molar-refractivity contribution in [1.82, 2.24) is 4.40 Å². The molecule has 0 bridgehead atoms. The second kappa shape index (κ2) is 3.96. The van der Waals surface area contributed by atoms with E-state index in [-0.39, 0.29) is 12.3 Å². The Kier molecular flexibility index (Phi) is 2.64. The molecule has 0 aliphatic heterocycles. The first-order valence-electron chi connectivity index (χ1n) is 5.08. The molecule has 0 atom stereocenters. The van der Waals surface area contributed by atoms with Crippen molar-refractivity contribution < 1.29 is 13.9 Å². The molecule has 0 amide bonds. The topological polar surface area (TPSA) is 30.7 Å². The van der Waals surface area contributed by atoms with Gasteiger partial charge < -0.3 is 9.14 Å². The van der Waals surface area contributed by atoms with Gasteiger partial charge in [-0.2, -0.15) is 0 Å². The largest absolute Gasteiger partial charge is 0.461 e. The predicted octanol–water partition coefficient (Wildman–Crippen LogP) is 2.56. The summed E-state index contributed by atoms with van der Waals surface area (Å²) in [5.74, 6) is -1.19. The van der Waals surface area contributed by atoms with E-state index in [1.54, 1.807) is 13.1 Å². The fraction of sp³-hybridized carbons (Fsp3) is 0.250. The molecule has 0 spiro atoms. The van der Waals surface area contributed by atoms with Gasteiger partial charge in [-0.15, -0.1) is 0 Å². The number of aromatic nitrogens is 1. The normalized spacial score (nSPS) is 10.7. The van der Waals surface area contributed by atoms with Gasteiger partial charge in [-0.3, -0.25) is 0 Å². The number of ether oxygens (including phenoxy) is 1. The van der Waals surface area contributed by atoms with Crippen LogP contribution in [-0.2, 0) is 4.74 Å². The first-order chi connectivity index (χ1) is 7.63. The molecule has 0 saturated carbocycles. The van der Waals surface area contributed by atoms with Crippen molar-refractivity contribution in [3.63, 3.8) is 0 Å². The second-order valence-electron chi connectivity index (χ2n) is 3.56. The van der Waals surface area contributed by atoms with E-state index in [9.17, 15) is 9.18 Å². The molecule has 16 heavy (non-hydrogen) atoms. The Morgan fingerprint density at radius 1 is 1.50 bits per heavy atom. The maximum absolute atomic E-state index is 13.6. The second-order valence-corrected chi connectivity index (χ2v) is 3.56. The van der Waals surface area contributed by atoms with Crippen molar-refractivity contribution in [2.45, 2.75) is 13.8 Å². The van der Waals surface area contributed by atoms with Gasteiger partial charge in [0, 0.05) is 17.8 Å². The lowest BCUT2D eigenvalue weighted by Gasteiger charge is -2.03. The minimum absolute atomic E-state index is 0.0446. The third-order valence-corrected chi connectivity index (χ3v) is 2.35. The summed E-state index contributed by atoms with van der Waals surface area (Å²) in [5.41, 5.74) is 1.62. The third kappa shape index (κ3) is 1.66. The molecule has 0 radical (unpaired) electrons. The Balaban J connectivity index is 2.60. The highest BCUT2D eigenvalue weighted by atomic mass is 19.1. The molecule has 84 valence electrons. The summed E-state index contributed by atoms with van der Waals surface area (Å²) < 4.78 is 19.9. The summed E-state index contributed by atoms with van der Waals surface area (Å²) in [5, 5.41) is 0. The lowest BCUT2D eigenvalue weighted by molar-refractivity contribution is 0.0513. The van der Waals surface area contributed by atoms with Gasteiger partial charge in [0.05, 0.1) is 6.61 Å². The van der Waals surface area contributed by atoms with E-state index in [2.05, 4.69) is 0 Å². The molecule has 0 N–H and O–H groups in total. The lowest BCUT2D eigenvalue weighted by atomic mass is 10.3. The fourth-order valence-corrected chi connectivity index (χ4v) is 1.65. The number of carbonyl (C=O) groups excluding carboxylic acids is 1. The van der Waals surface area contributed by atoms with E-state index in [1.165, 1.54) is 10.5 Å². The van der Waals surface area contributed by atoms with Crippen LogP contribution in [0.1, 0.15) is 23.0 Å². The summed E-state index contributed by atoms with van der Waals surface area (Å²) in [6.45, 7) is 3.84. The quantitative estimate of drug-likeness (QED) is 0.730. The minimum atomic E-state index is -0.635. The number of aryl methyl sites for hydroxylation is 1. The average molecular weight is 221 g/mol. The molecule has 2 heterocycles. The van der Waals surface area contributed by atoms with Crippen molar-refractivity contribution in [2.24, 2.45) is 0 Å². The number of carbonyl (C=O) groups is 1. The van der Waals surface area contributed by atoms with Crippen LogP contribution in [-0.4, -0.2) is 17.0 Å². The molecule has 0 aliphatic rings. The first-order valence-corrected chi connectivity index (χ1v) is 5.08. The third-order valence-electron chi connectivity index (χ3n) is 2.35. The van der Waals surface area contributed by atoms with E-state index in [0.29, 0.717) is 5.52 Å². The van der Waals surface area contributed by atoms with Crippen LogP contribution < -0.4 is 0 Å².